The first-order chi connectivity index (χ1) is 16.6. The average Bonchev–Trinajstić information content (AvgIpc) is 2.88. The highest BCUT2D eigenvalue weighted by molar-refractivity contribution is 6.30. The van der Waals surface area contributed by atoms with E-state index in [4.69, 9.17) is 21.1 Å². The van der Waals surface area contributed by atoms with Gasteiger partial charge in [0.25, 0.3) is 5.91 Å². The number of ether oxygens (including phenoxy) is 2. The van der Waals surface area contributed by atoms with E-state index in [1.807, 2.05) is 84.9 Å². The van der Waals surface area contributed by atoms with Crippen molar-refractivity contribution in [3.8, 4) is 0 Å². The molecule has 1 amide bonds. The Morgan fingerprint density at radius 2 is 1.68 bits per heavy atom. The molecule has 5 nitrogen and oxygen atoms in total. The standard InChI is InChI=1S/C28H28ClNO4/c29-25-12-10-23(11-13-25)24-16-26(28(32)30-15-14-20-4-2-1-3-5-20)34-27(17-24)33-19-22-8-6-21(18-31)7-9-22/h1-13,16,24,27,31H,14-15,17-19H2,(H,30,32)/t24-,27+/m0/s1. The number of benzene rings is 3. The molecule has 0 aromatic heterocycles. The lowest BCUT2D eigenvalue weighted by molar-refractivity contribution is -0.150. The third kappa shape index (κ3) is 6.70. The number of hydrogen-bond donors (Lipinski definition) is 2. The molecule has 0 spiro atoms. The lowest BCUT2D eigenvalue weighted by atomic mass is 9.93. The largest absolute Gasteiger partial charge is 0.459 e. The molecule has 2 N–H and O–H groups in total. The Labute approximate surface area is 205 Å². The maximum absolute atomic E-state index is 12.9. The number of amides is 1. The summed E-state index contributed by atoms with van der Waals surface area (Å²) in [5.74, 6) is -0.0296. The van der Waals surface area contributed by atoms with Crippen LogP contribution in [0.3, 0.4) is 0 Å². The van der Waals surface area contributed by atoms with Crippen LogP contribution in [0, 0.1) is 0 Å². The summed E-state index contributed by atoms with van der Waals surface area (Å²) in [4.78, 5) is 12.9. The summed E-state index contributed by atoms with van der Waals surface area (Å²) < 4.78 is 12.0. The summed E-state index contributed by atoms with van der Waals surface area (Å²) in [5, 5.41) is 12.8. The lowest BCUT2D eigenvalue weighted by Crippen LogP contribution is -2.33. The Morgan fingerprint density at radius 3 is 2.38 bits per heavy atom. The van der Waals surface area contributed by atoms with Crippen molar-refractivity contribution in [2.45, 2.75) is 38.3 Å². The molecule has 176 valence electrons. The van der Waals surface area contributed by atoms with Crippen LogP contribution >= 0.6 is 11.6 Å². The number of aliphatic hydroxyl groups excluding tert-OH is 1. The van der Waals surface area contributed by atoms with Gasteiger partial charge in [0, 0.05) is 23.9 Å². The summed E-state index contributed by atoms with van der Waals surface area (Å²) in [6, 6.07) is 25.2. The molecule has 0 radical (unpaired) electrons. The number of rotatable bonds is 9. The predicted molar refractivity (Wildman–Crippen MR) is 132 cm³/mol. The van der Waals surface area contributed by atoms with Crippen molar-refractivity contribution in [2.24, 2.45) is 0 Å². The second kappa shape index (κ2) is 11.8. The van der Waals surface area contributed by atoms with Crippen LogP contribution < -0.4 is 5.32 Å². The molecule has 34 heavy (non-hydrogen) atoms. The molecule has 6 heteroatoms. The summed E-state index contributed by atoms with van der Waals surface area (Å²) in [5.41, 5.74) is 4.02. The number of aliphatic hydroxyl groups is 1. The highest BCUT2D eigenvalue weighted by Gasteiger charge is 2.28. The molecule has 2 atom stereocenters. The van der Waals surface area contributed by atoms with Crippen molar-refractivity contribution in [2.75, 3.05) is 6.54 Å². The van der Waals surface area contributed by atoms with Gasteiger partial charge in [-0.25, -0.2) is 0 Å². The van der Waals surface area contributed by atoms with E-state index in [1.165, 1.54) is 0 Å². The van der Waals surface area contributed by atoms with Crippen LogP contribution in [0.25, 0.3) is 0 Å². The summed E-state index contributed by atoms with van der Waals surface area (Å²) in [6.07, 6.45) is 2.61. The topological polar surface area (TPSA) is 67.8 Å². The number of carbonyl (C=O) groups excluding carboxylic acids is 1. The van der Waals surface area contributed by atoms with E-state index in [-0.39, 0.29) is 24.2 Å². The zero-order valence-electron chi connectivity index (χ0n) is 18.8. The van der Waals surface area contributed by atoms with Gasteiger partial charge in [0.2, 0.25) is 6.29 Å². The number of halogens is 1. The van der Waals surface area contributed by atoms with Crippen molar-refractivity contribution in [1.82, 2.24) is 5.32 Å². The molecule has 0 saturated carbocycles. The smallest absolute Gasteiger partial charge is 0.286 e. The quantitative estimate of drug-likeness (QED) is 0.448. The molecule has 1 aliphatic rings. The summed E-state index contributed by atoms with van der Waals surface area (Å²) in [6.45, 7) is 0.855. The minimum Gasteiger partial charge on any atom is -0.459 e. The van der Waals surface area contributed by atoms with Crippen LogP contribution in [0.15, 0.2) is 90.7 Å². The fourth-order valence-corrected chi connectivity index (χ4v) is 3.97. The molecule has 0 fully saturated rings. The Balaban J connectivity index is 1.42. The Bertz CT molecular complexity index is 1100. The van der Waals surface area contributed by atoms with Crippen LogP contribution in [-0.4, -0.2) is 23.8 Å². The Kier molecular flexibility index (Phi) is 8.36. The summed E-state index contributed by atoms with van der Waals surface area (Å²) in [7, 11) is 0. The van der Waals surface area contributed by atoms with Crippen molar-refractivity contribution in [3.63, 3.8) is 0 Å². The van der Waals surface area contributed by atoms with Crippen LogP contribution in [0.4, 0.5) is 0 Å². The number of allylic oxidation sites excluding steroid dienone is 1. The van der Waals surface area contributed by atoms with E-state index < -0.39 is 6.29 Å². The SMILES string of the molecule is O=C(NCCc1ccccc1)C1=C[C@H](c2ccc(Cl)cc2)C[C@H](OCc2ccc(CO)cc2)O1. The molecule has 0 unspecified atom stereocenters. The van der Waals surface area contributed by atoms with E-state index in [0.29, 0.717) is 24.6 Å². The Hall–Kier alpha value is -3.12. The van der Waals surface area contributed by atoms with Gasteiger partial charge in [0.05, 0.1) is 13.2 Å². The van der Waals surface area contributed by atoms with Crippen molar-refractivity contribution in [3.05, 3.63) is 118 Å². The summed E-state index contributed by atoms with van der Waals surface area (Å²) >= 11 is 6.06. The highest BCUT2D eigenvalue weighted by atomic mass is 35.5. The second-order valence-electron chi connectivity index (χ2n) is 8.25. The minimum absolute atomic E-state index is 0.00316. The van der Waals surface area contributed by atoms with Gasteiger partial charge in [0.1, 0.15) is 0 Å². The number of carbonyl (C=O) groups is 1. The van der Waals surface area contributed by atoms with Gasteiger partial charge in [-0.1, -0.05) is 78.3 Å². The molecule has 1 aliphatic heterocycles. The third-order valence-corrected chi connectivity index (χ3v) is 6.01. The van der Waals surface area contributed by atoms with Crippen molar-refractivity contribution in [1.29, 1.82) is 0 Å². The van der Waals surface area contributed by atoms with Gasteiger partial charge in [0.15, 0.2) is 5.76 Å². The van der Waals surface area contributed by atoms with Gasteiger partial charge in [-0.05, 0) is 46.9 Å². The Morgan fingerprint density at radius 1 is 0.971 bits per heavy atom. The second-order valence-corrected chi connectivity index (χ2v) is 8.69. The highest BCUT2D eigenvalue weighted by Crippen LogP contribution is 2.32. The molecule has 4 rings (SSSR count). The molecule has 0 saturated heterocycles. The monoisotopic (exact) mass is 477 g/mol. The first-order valence-electron chi connectivity index (χ1n) is 11.4. The molecular formula is C28H28ClNO4. The van der Waals surface area contributed by atoms with E-state index in [9.17, 15) is 9.90 Å². The van der Waals surface area contributed by atoms with Gasteiger partial charge in [-0.15, -0.1) is 0 Å². The number of nitrogens with one attached hydrogen (secondary N) is 1. The van der Waals surface area contributed by atoms with E-state index >= 15 is 0 Å². The van der Waals surface area contributed by atoms with Crippen LogP contribution in [0.5, 0.6) is 0 Å². The zero-order chi connectivity index (χ0) is 23.8. The van der Waals surface area contributed by atoms with Crippen molar-refractivity contribution < 1.29 is 19.4 Å². The molecular weight excluding hydrogens is 450 g/mol. The first kappa shape index (κ1) is 24.0. The third-order valence-electron chi connectivity index (χ3n) is 5.76. The van der Waals surface area contributed by atoms with E-state index in [1.54, 1.807) is 0 Å². The minimum atomic E-state index is -0.571. The fraction of sp³-hybridized carbons (Fsp3) is 0.250. The van der Waals surface area contributed by atoms with Crippen LogP contribution in [0.1, 0.15) is 34.6 Å². The zero-order valence-corrected chi connectivity index (χ0v) is 19.6. The fourth-order valence-electron chi connectivity index (χ4n) is 3.84. The van der Waals surface area contributed by atoms with Gasteiger partial charge in [-0.2, -0.15) is 0 Å². The van der Waals surface area contributed by atoms with Gasteiger partial charge >= 0.3 is 0 Å². The normalized spacial score (nSPS) is 17.5. The lowest BCUT2D eigenvalue weighted by Gasteiger charge is -2.29. The van der Waals surface area contributed by atoms with Crippen LogP contribution in [0.2, 0.25) is 5.02 Å². The maximum atomic E-state index is 12.9. The number of hydrogen-bond acceptors (Lipinski definition) is 4. The van der Waals surface area contributed by atoms with Crippen molar-refractivity contribution >= 4 is 17.5 Å². The molecule has 3 aromatic rings. The van der Waals surface area contributed by atoms with E-state index in [2.05, 4.69) is 5.32 Å². The van der Waals surface area contributed by atoms with Gasteiger partial charge in [-0.3, -0.25) is 4.79 Å². The van der Waals surface area contributed by atoms with Gasteiger partial charge < -0.3 is 19.9 Å². The van der Waals surface area contributed by atoms with Crippen LogP contribution in [-0.2, 0) is 33.9 Å². The van der Waals surface area contributed by atoms with E-state index in [0.717, 1.165) is 28.7 Å². The maximum Gasteiger partial charge on any atom is 0.286 e. The molecule has 0 aliphatic carbocycles. The molecule has 0 bridgehead atoms. The average molecular weight is 478 g/mol. The molecule has 1 heterocycles. The predicted octanol–water partition coefficient (Wildman–Crippen LogP) is 5.12. The first-order valence-corrected chi connectivity index (χ1v) is 11.7. The molecule has 3 aromatic carbocycles.